The third-order valence-corrected chi connectivity index (χ3v) is 2.80. The van der Waals surface area contributed by atoms with E-state index in [-0.39, 0.29) is 11.7 Å². The monoisotopic (exact) mass is 222 g/mol. The Morgan fingerprint density at radius 2 is 2.31 bits per heavy atom. The Hall–Kier alpha value is -1.39. The van der Waals surface area contributed by atoms with E-state index in [0.29, 0.717) is 13.0 Å². The van der Waals surface area contributed by atoms with Gasteiger partial charge in [-0.1, -0.05) is 6.07 Å². The van der Waals surface area contributed by atoms with Crippen LogP contribution in [0.15, 0.2) is 18.2 Å². The van der Waals surface area contributed by atoms with Crippen LogP contribution in [0.4, 0.5) is 0 Å². The Kier molecular flexibility index (Phi) is 2.94. The van der Waals surface area contributed by atoms with Crippen molar-refractivity contribution in [3.8, 4) is 0 Å². The van der Waals surface area contributed by atoms with Crippen LogP contribution in [0, 0.1) is 0 Å². The lowest BCUT2D eigenvalue weighted by Gasteiger charge is -2.28. The molecule has 0 saturated carbocycles. The van der Waals surface area contributed by atoms with Crippen molar-refractivity contribution in [2.24, 2.45) is 0 Å². The third kappa shape index (κ3) is 1.94. The van der Waals surface area contributed by atoms with E-state index in [1.54, 1.807) is 25.1 Å². The molecule has 86 valence electrons. The number of carboxylic acid groups (broad SMARTS) is 1. The summed E-state index contributed by atoms with van der Waals surface area (Å²) in [6, 6.07) is 4.94. The van der Waals surface area contributed by atoms with Crippen LogP contribution in [0.25, 0.3) is 0 Å². The normalized spacial score (nSPS) is 21.2. The summed E-state index contributed by atoms with van der Waals surface area (Å²) in [7, 11) is 0. The van der Waals surface area contributed by atoms with E-state index in [4.69, 9.17) is 9.84 Å². The molecule has 2 atom stereocenters. The van der Waals surface area contributed by atoms with Crippen LogP contribution in [0.1, 0.15) is 34.5 Å². The molecular formula is C12H14O4. The molecule has 2 rings (SSSR count). The second kappa shape index (κ2) is 4.23. The van der Waals surface area contributed by atoms with Crippen LogP contribution >= 0.6 is 0 Å². The zero-order valence-electron chi connectivity index (χ0n) is 9.01. The van der Waals surface area contributed by atoms with Gasteiger partial charge in [-0.15, -0.1) is 0 Å². The average molecular weight is 222 g/mol. The van der Waals surface area contributed by atoms with Gasteiger partial charge in [0.2, 0.25) is 0 Å². The number of ether oxygens (including phenoxy) is 1. The highest BCUT2D eigenvalue weighted by molar-refractivity contribution is 5.87. The molecule has 0 spiro atoms. The highest BCUT2D eigenvalue weighted by atomic mass is 16.5. The highest BCUT2D eigenvalue weighted by Gasteiger charge is 2.25. The first kappa shape index (κ1) is 11.1. The summed E-state index contributed by atoms with van der Waals surface area (Å²) in [6.07, 6.45) is -0.235. The van der Waals surface area contributed by atoms with Gasteiger partial charge in [0.15, 0.2) is 0 Å². The smallest absolute Gasteiger partial charge is 0.335 e. The van der Waals surface area contributed by atoms with Crippen molar-refractivity contribution in [3.05, 3.63) is 34.9 Å². The van der Waals surface area contributed by atoms with Crippen LogP contribution in [-0.4, -0.2) is 28.9 Å². The first-order chi connectivity index (χ1) is 7.59. The van der Waals surface area contributed by atoms with Crippen molar-refractivity contribution in [1.29, 1.82) is 0 Å². The fourth-order valence-electron chi connectivity index (χ4n) is 2.02. The van der Waals surface area contributed by atoms with E-state index in [1.165, 1.54) is 0 Å². The predicted octanol–water partition coefficient (Wildman–Crippen LogP) is 1.38. The van der Waals surface area contributed by atoms with Gasteiger partial charge >= 0.3 is 5.97 Å². The van der Waals surface area contributed by atoms with E-state index >= 15 is 0 Å². The van der Waals surface area contributed by atoms with Gasteiger partial charge in [-0.3, -0.25) is 0 Å². The van der Waals surface area contributed by atoms with E-state index < -0.39 is 12.1 Å². The highest BCUT2D eigenvalue weighted by Crippen LogP contribution is 2.30. The molecule has 1 aromatic rings. The topological polar surface area (TPSA) is 66.8 Å². The summed E-state index contributed by atoms with van der Waals surface area (Å²) >= 11 is 0. The van der Waals surface area contributed by atoms with Crippen LogP contribution in [0.3, 0.4) is 0 Å². The molecule has 2 N–H and O–H groups in total. The Morgan fingerprint density at radius 3 is 2.94 bits per heavy atom. The number of fused-ring (bicyclic) bond motifs is 1. The maximum absolute atomic E-state index is 10.8. The lowest BCUT2D eigenvalue weighted by molar-refractivity contribution is -0.0386. The van der Waals surface area contributed by atoms with Crippen molar-refractivity contribution in [2.75, 3.05) is 6.61 Å². The van der Waals surface area contributed by atoms with Gasteiger partial charge in [0.1, 0.15) is 6.10 Å². The summed E-state index contributed by atoms with van der Waals surface area (Å²) in [5.41, 5.74) is 2.13. The van der Waals surface area contributed by atoms with E-state index in [0.717, 1.165) is 11.1 Å². The van der Waals surface area contributed by atoms with Crippen LogP contribution in [-0.2, 0) is 11.2 Å². The zero-order chi connectivity index (χ0) is 11.7. The van der Waals surface area contributed by atoms with E-state index in [1.807, 2.05) is 0 Å². The maximum atomic E-state index is 10.8. The third-order valence-electron chi connectivity index (χ3n) is 2.80. The van der Waals surface area contributed by atoms with Crippen molar-refractivity contribution < 1.29 is 19.7 Å². The first-order valence-corrected chi connectivity index (χ1v) is 5.25. The SMILES string of the molecule is CC(O)[C@H]1OCCc2cc(C(=O)O)ccc21. The molecule has 1 aromatic carbocycles. The lowest BCUT2D eigenvalue weighted by atomic mass is 9.93. The molecule has 16 heavy (non-hydrogen) atoms. The molecule has 1 heterocycles. The van der Waals surface area contributed by atoms with Gasteiger partial charge < -0.3 is 14.9 Å². The number of aromatic carboxylic acids is 1. The van der Waals surface area contributed by atoms with Crippen LogP contribution in [0.2, 0.25) is 0 Å². The summed E-state index contributed by atoms with van der Waals surface area (Å²) in [5.74, 6) is -0.928. The maximum Gasteiger partial charge on any atom is 0.335 e. The molecule has 0 aliphatic carbocycles. The quantitative estimate of drug-likeness (QED) is 0.793. The van der Waals surface area contributed by atoms with Crippen molar-refractivity contribution in [1.82, 2.24) is 0 Å². The summed E-state index contributed by atoms with van der Waals surface area (Å²) in [5, 5.41) is 18.4. The number of carboxylic acids is 1. The van der Waals surface area contributed by atoms with Gasteiger partial charge in [-0.2, -0.15) is 0 Å². The minimum Gasteiger partial charge on any atom is -0.478 e. The molecule has 0 saturated heterocycles. The standard InChI is InChI=1S/C12H14O4/c1-7(13)11-10-3-2-9(12(14)15)6-8(10)4-5-16-11/h2-3,6-7,11,13H,4-5H2,1H3,(H,14,15)/t7?,11-/m1/s1. The molecule has 1 aliphatic heterocycles. The lowest BCUT2D eigenvalue weighted by Crippen LogP contribution is -2.25. The average Bonchev–Trinajstić information content (AvgIpc) is 2.27. The number of aliphatic hydroxyl groups is 1. The zero-order valence-corrected chi connectivity index (χ0v) is 9.01. The van der Waals surface area contributed by atoms with E-state index in [2.05, 4.69) is 0 Å². The second-order valence-corrected chi connectivity index (χ2v) is 4.00. The summed E-state index contributed by atoms with van der Waals surface area (Å²) in [6.45, 7) is 2.19. The minimum atomic E-state index is -0.928. The molecule has 0 radical (unpaired) electrons. The van der Waals surface area contributed by atoms with Crippen molar-refractivity contribution in [2.45, 2.75) is 25.6 Å². The molecule has 0 fully saturated rings. The van der Waals surface area contributed by atoms with Gasteiger partial charge in [-0.05, 0) is 36.6 Å². The van der Waals surface area contributed by atoms with Gasteiger partial charge in [0.05, 0.1) is 18.3 Å². The number of aliphatic hydroxyl groups excluding tert-OH is 1. The minimum absolute atomic E-state index is 0.282. The summed E-state index contributed by atoms with van der Waals surface area (Å²) < 4.78 is 5.47. The molecule has 0 aromatic heterocycles. The predicted molar refractivity (Wildman–Crippen MR) is 57.5 cm³/mol. The molecule has 4 heteroatoms. The number of carbonyl (C=O) groups is 1. The van der Waals surface area contributed by atoms with Crippen molar-refractivity contribution in [3.63, 3.8) is 0 Å². The second-order valence-electron chi connectivity index (χ2n) is 4.00. The number of hydrogen-bond donors (Lipinski definition) is 2. The van der Waals surface area contributed by atoms with E-state index in [9.17, 15) is 9.90 Å². The molecular weight excluding hydrogens is 208 g/mol. The molecule has 1 unspecified atom stereocenters. The fourth-order valence-corrected chi connectivity index (χ4v) is 2.02. The van der Waals surface area contributed by atoms with Crippen LogP contribution in [0.5, 0.6) is 0 Å². The molecule has 0 amide bonds. The Balaban J connectivity index is 2.40. The summed E-state index contributed by atoms with van der Waals surface area (Å²) in [4.78, 5) is 10.8. The van der Waals surface area contributed by atoms with Gasteiger partial charge in [0, 0.05) is 0 Å². The molecule has 0 bridgehead atoms. The van der Waals surface area contributed by atoms with Gasteiger partial charge in [-0.25, -0.2) is 4.79 Å². The van der Waals surface area contributed by atoms with Crippen LogP contribution < -0.4 is 0 Å². The number of hydrogen-bond acceptors (Lipinski definition) is 3. The molecule has 1 aliphatic rings. The van der Waals surface area contributed by atoms with Crippen molar-refractivity contribution >= 4 is 5.97 Å². The first-order valence-electron chi connectivity index (χ1n) is 5.25. The number of benzene rings is 1. The number of rotatable bonds is 2. The Morgan fingerprint density at radius 1 is 1.56 bits per heavy atom. The molecule has 4 nitrogen and oxygen atoms in total. The largest absolute Gasteiger partial charge is 0.478 e. The Bertz CT molecular complexity index is 411. The fraction of sp³-hybridized carbons (Fsp3) is 0.417. The Labute approximate surface area is 93.5 Å². The van der Waals surface area contributed by atoms with Gasteiger partial charge in [0.25, 0.3) is 0 Å².